The lowest BCUT2D eigenvalue weighted by molar-refractivity contribution is -0.148. The third-order valence-corrected chi connectivity index (χ3v) is 3.52. The van der Waals surface area contributed by atoms with Crippen LogP contribution in [0.3, 0.4) is 0 Å². The second kappa shape index (κ2) is 9.28. The van der Waals surface area contributed by atoms with E-state index in [9.17, 15) is 18.8 Å². The molecule has 0 heterocycles. The van der Waals surface area contributed by atoms with Crippen LogP contribution in [-0.4, -0.2) is 31.1 Å². The first-order chi connectivity index (χ1) is 12.9. The molecule has 0 bridgehead atoms. The Hall–Kier alpha value is -3.48. The number of nitrogens with one attached hydrogen (secondary N) is 1. The van der Waals surface area contributed by atoms with Gasteiger partial charge in [0.05, 0.1) is 12.7 Å². The van der Waals surface area contributed by atoms with E-state index in [2.05, 4.69) is 10.1 Å². The molecule has 0 aromatic heterocycles. The zero-order valence-corrected chi connectivity index (χ0v) is 14.8. The number of hydrogen-bond donors (Lipinski definition) is 1. The molecule has 6 nitrogen and oxygen atoms in total. The summed E-state index contributed by atoms with van der Waals surface area (Å²) in [5, 5.41) is 2.52. The minimum atomic E-state index is -1.03. The Morgan fingerprint density at radius 3 is 2.26 bits per heavy atom. The summed E-state index contributed by atoms with van der Waals surface area (Å²) in [5.41, 5.74) is 1.46. The van der Waals surface area contributed by atoms with Crippen molar-refractivity contribution in [2.75, 3.05) is 12.4 Å². The van der Waals surface area contributed by atoms with Gasteiger partial charge in [0.1, 0.15) is 5.82 Å². The van der Waals surface area contributed by atoms with Crippen LogP contribution in [0.25, 0.3) is 6.08 Å². The molecule has 0 unspecified atom stereocenters. The first kappa shape index (κ1) is 19.8. The maximum atomic E-state index is 12.8. The zero-order chi connectivity index (χ0) is 19.8. The van der Waals surface area contributed by atoms with E-state index in [1.54, 1.807) is 24.3 Å². The van der Waals surface area contributed by atoms with E-state index < -0.39 is 29.8 Å². The van der Waals surface area contributed by atoms with Crippen molar-refractivity contribution >= 4 is 29.6 Å². The Bertz CT molecular complexity index is 844. The number of anilines is 1. The minimum absolute atomic E-state index is 0.392. The third-order valence-electron chi connectivity index (χ3n) is 3.52. The Morgan fingerprint density at radius 2 is 1.67 bits per heavy atom. The van der Waals surface area contributed by atoms with E-state index >= 15 is 0 Å². The Kier molecular flexibility index (Phi) is 6.82. The lowest BCUT2D eigenvalue weighted by atomic mass is 10.1. The third kappa shape index (κ3) is 6.07. The highest BCUT2D eigenvalue weighted by Gasteiger charge is 2.16. The number of methoxy groups -OCH3 is 1. The van der Waals surface area contributed by atoms with Crippen LogP contribution in [0.1, 0.15) is 22.8 Å². The van der Waals surface area contributed by atoms with Gasteiger partial charge in [-0.3, -0.25) is 4.79 Å². The highest BCUT2D eigenvalue weighted by Crippen LogP contribution is 2.10. The minimum Gasteiger partial charge on any atom is -0.465 e. The maximum absolute atomic E-state index is 12.8. The van der Waals surface area contributed by atoms with Gasteiger partial charge in [-0.05, 0) is 55.0 Å². The average molecular weight is 371 g/mol. The van der Waals surface area contributed by atoms with Crippen molar-refractivity contribution in [3.63, 3.8) is 0 Å². The van der Waals surface area contributed by atoms with E-state index in [0.717, 1.165) is 0 Å². The van der Waals surface area contributed by atoms with Crippen LogP contribution < -0.4 is 5.32 Å². The molecular formula is C20H18FNO5. The first-order valence-electron chi connectivity index (χ1n) is 8.02. The normalized spacial score (nSPS) is 11.7. The number of halogens is 1. The summed E-state index contributed by atoms with van der Waals surface area (Å²) >= 11 is 0. The van der Waals surface area contributed by atoms with Gasteiger partial charge < -0.3 is 14.8 Å². The van der Waals surface area contributed by atoms with Crippen molar-refractivity contribution in [2.45, 2.75) is 13.0 Å². The monoisotopic (exact) mass is 371 g/mol. The van der Waals surface area contributed by atoms with Crippen LogP contribution in [0.5, 0.6) is 0 Å². The summed E-state index contributed by atoms with van der Waals surface area (Å²) in [7, 11) is 1.29. The number of amides is 1. The summed E-state index contributed by atoms with van der Waals surface area (Å²) in [6.07, 6.45) is 1.64. The van der Waals surface area contributed by atoms with Gasteiger partial charge in [0.25, 0.3) is 5.91 Å². The number of rotatable bonds is 6. The summed E-state index contributed by atoms with van der Waals surface area (Å²) in [5.74, 6) is -2.11. The summed E-state index contributed by atoms with van der Waals surface area (Å²) in [6.45, 7) is 1.43. The van der Waals surface area contributed by atoms with Crippen molar-refractivity contribution in [3.8, 4) is 0 Å². The molecule has 0 fully saturated rings. The molecule has 2 aromatic carbocycles. The first-order valence-corrected chi connectivity index (χ1v) is 8.02. The van der Waals surface area contributed by atoms with Crippen molar-refractivity contribution in [2.24, 2.45) is 0 Å². The SMILES string of the molecule is COC(=O)c1ccc(/C=C/C(=O)O[C@@H](C)C(=O)Nc2ccc(F)cc2)cc1. The average Bonchev–Trinajstić information content (AvgIpc) is 2.67. The molecule has 0 saturated heterocycles. The second-order valence-corrected chi connectivity index (χ2v) is 5.52. The van der Waals surface area contributed by atoms with Crippen molar-refractivity contribution in [3.05, 3.63) is 71.6 Å². The number of ether oxygens (including phenoxy) is 2. The molecule has 1 atom stereocenters. The Balaban J connectivity index is 1.88. The molecule has 0 spiro atoms. The van der Waals surface area contributed by atoms with Crippen LogP contribution >= 0.6 is 0 Å². The number of hydrogen-bond acceptors (Lipinski definition) is 5. The van der Waals surface area contributed by atoms with E-state index in [-0.39, 0.29) is 0 Å². The van der Waals surface area contributed by atoms with Crippen LogP contribution in [0.15, 0.2) is 54.6 Å². The molecule has 0 aliphatic rings. The molecular weight excluding hydrogens is 353 g/mol. The fourth-order valence-electron chi connectivity index (χ4n) is 2.06. The molecule has 0 aliphatic carbocycles. The van der Waals surface area contributed by atoms with Crippen LogP contribution in [0, 0.1) is 5.82 Å². The second-order valence-electron chi connectivity index (χ2n) is 5.52. The predicted molar refractivity (Wildman–Crippen MR) is 97.4 cm³/mol. The molecule has 0 saturated carbocycles. The molecule has 1 amide bonds. The number of benzene rings is 2. The van der Waals surface area contributed by atoms with Crippen LogP contribution in [0.4, 0.5) is 10.1 Å². The topological polar surface area (TPSA) is 81.7 Å². The molecule has 0 aliphatic heterocycles. The van der Waals surface area contributed by atoms with E-state index in [0.29, 0.717) is 16.8 Å². The highest BCUT2D eigenvalue weighted by molar-refractivity contribution is 5.96. The predicted octanol–water partition coefficient (Wildman–Crippen LogP) is 3.20. The van der Waals surface area contributed by atoms with E-state index in [1.807, 2.05) is 0 Å². The Labute approximate surface area is 155 Å². The molecule has 27 heavy (non-hydrogen) atoms. The van der Waals surface area contributed by atoms with Gasteiger partial charge in [0, 0.05) is 11.8 Å². The Morgan fingerprint density at radius 1 is 1.04 bits per heavy atom. The smallest absolute Gasteiger partial charge is 0.337 e. The summed E-state index contributed by atoms with van der Waals surface area (Å²) in [6, 6.07) is 11.6. The summed E-state index contributed by atoms with van der Waals surface area (Å²) in [4.78, 5) is 35.2. The maximum Gasteiger partial charge on any atom is 0.337 e. The molecule has 2 rings (SSSR count). The summed E-state index contributed by atoms with van der Waals surface area (Å²) < 4.78 is 22.5. The van der Waals surface area contributed by atoms with Crippen molar-refractivity contribution < 1.29 is 28.2 Å². The van der Waals surface area contributed by atoms with Gasteiger partial charge in [-0.1, -0.05) is 12.1 Å². The number of carbonyl (C=O) groups excluding carboxylic acids is 3. The lowest BCUT2D eigenvalue weighted by Crippen LogP contribution is -2.29. The number of carbonyl (C=O) groups is 3. The lowest BCUT2D eigenvalue weighted by Gasteiger charge is -2.12. The van der Waals surface area contributed by atoms with Gasteiger partial charge in [-0.2, -0.15) is 0 Å². The number of esters is 2. The van der Waals surface area contributed by atoms with Crippen LogP contribution in [0.2, 0.25) is 0 Å². The fraction of sp³-hybridized carbons (Fsp3) is 0.150. The highest BCUT2D eigenvalue weighted by atomic mass is 19.1. The van der Waals surface area contributed by atoms with Crippen LogP contribution in [-0.2, 0) is 19.1 Å². The molecule has 7 heteroatoms. The van der Waals surface area contributed by atoms with Gasteiger partial charge in [0.2, 0.25) is 0 Å². The standard InChI is InChI=1S/C20H18FNO5/c1-13(19(24)22-17-10-8-16(21)9-11-17)27-18(23)12-5-14-3-6-15(7-4-14)20(25)26-2/h3-13H,1-2H3,(H,22,24)/b12-5+/t13-/m0/s1. The van der Waals surface area contributed by atoms with Crippen molar-refractivity contribution in [1.82, 2.24) is 0 Å². The zero-order valence-electron chi connectivity index (χ0n) is 14.8. The van der Waals surface area contributed by atoms with Gasteiger partial charge in [-0.25, -0.2) is 14.0 Å². The fourth-order valence-corrected chi connectivity index (χ4v) is 2.06. The van der Waals surface area contributed by atoms with E-state index in [4.69, 9.17) is 4.74 Å². The quantitative estimate of drug-likeness (QED) is 0.623. The molecule has 0 radical (unpaired) electrons. The van der Waals surface area contributed by atoms with Gasteiger partial charge in [-0.15, -0.1) is 0 Å². The van der Waals surface area contributed by atoms with Gasteiger partial charge >= 0.3 is 11.9 Å². The van der Waals surface area contributed by atoms with Gasteiger partial charge in [0.15, 0.2) is 6.10 Å². The largest absolute Gasteiger partial charge is 0.465 e. The molecule has 140 valence electrons. The molecule has 2 aromatic rings. The van der Waals surface area contributed by atoms with E-state index in [1.165, 1.54) is 50.5 Å². The van der Waals surface area contributed by atoms with Crippen molar-refractivity contribution in [1.29, 1.82) is 0 Å². The molecule has 1 N–H and O–H groups in total.